The van der Waals surface area contributed by atoms with E-state index in [-0.39, 0.29) is 18.8 Å². The zero-order valence-electron chi connectivity index (χ0n) is 10.5. The number of hydrogen-bond donors (Lipinski definition) is 1. The number of aliphatic hydroxyl groups excluding tert-OH is 1. The normalized spacial score (nSPS) is 26.4. The smallest absolute Gasteiger partial charge is 0.386 e. The Morgan fingerprint density at radius 1 is 1.37 bits per heavy atom. The molecule has 108 valence electrons. The predicted octanol–water partition coefficient (Wildman–Crippen LogP) is 3.48. The van der Waals surface area contributed by atoms with Crippen LogP contribution in [0.4, 0.5) is 13.2 Å². The lowest BCUT2D eigenvalue weighted by atomic mass is 9.78. The zero-order chi connectivity index (χ0) is 14.2. The third-order valence-corrected chi connectivity index (χ3v) is 4.19. The summed E-state index contributed by atoms with van der Waals surface area (Å²) in [6.45, 7) is 0. The molecule has 1 aromatic rings. The summed E-state index contributed by atoms with van der Waals surface area (Å²) in [4.78, 5) is 0. The van der Waals surface area contributed by atoms with Crippen molar-refractivity contribution >= 4 is 11.6 Å². The van der Waals surface area contributed by atoms with Crippen LogP contribution in [0, 0.1) is 11.8 Å². The second kappa shape index (κ2) is 5.32. The maximum Gasteiger partial charge on any atom is 0.391 e. The summed E-state index contributed by atoms with van der Waals surface area (Å²) in [5, 5.41) is 14.5. The Bertz CT molecular complexity index is 419. The molecule has 0 aliphatic heterocycles. The molecule has 7 heteroatoms. The summed E-state index contributed by atoms with van der Waals surface area (Å²) in [6.07, 6.45) is -2.70. The fourth-order valence-corrected chi connectivity index (χ4v) is 3.02. The molecule has 1 aliphatic rings. The van der Waals surface area contributed by atoms with Crippen LogP contribution in [0.3, 0.4) is 0 Å². The Morgan fingerprint density at radius 3 is 2.37 bits per heavy atom. The van der Waals surface area contributed by atoms with E-state index in [2.05, 4.69) is 5.10 Å². The minimum atomic E-state index is -4.12. The highest BCUT2D eigenvalue weighted by Crippen LogP contribution is 2.43. The molecular weight excluding hydrogens is 281 g/mol. The molecule has 1 unspecified atom stereocenters. The van der Waals surface area contributed by atoms with Crippen molar-refractivity contribution < 1.29 is 18.3 Å². The van der Waals surface area contributed by atoms with Gasteiger partial charge in [-0.2, -0.15) is 18.3 Å². The van der Waals surface area contributed by atoms with E-state index in [4.69, 9.17) is 11.6 Å². The summed E-state index contributed by atoms with van der Waals surface area (Å²) >= 11 is 5.94. The number of aliphatic hydroxyl groups is 1. The molecule has 1 atom stereocenters. The summed E-state index contributed by atoms with van der Waals surface area (Å²) in [5.41, 5.74) is 0.483. The van der Waals surface area contributed by atoms with Gasteiger partial charge in [0, 0.05) is 7.05 Å². The van der Waals surface area contributed by atoms with Gasteiger partial charge >= 0.3 is 6.18 Å². The van der Waals surface area contributed by atoms with Gasteiger partial charge in [0.25, 0.3) is 0 Å². The highest BCUT2D eigenvalue weighted by atomic mass is 35.5. The zero-order valence-corrected chi connectivity index (χ0v) is 11.2. The van der Waals surface area contributed by atoms with E-state index in [1.165, 1.54) is 10.9 Å². The van der Waals surface area contributed by atoms with E-state index in [9.17, 15) is 18.3 Å². The van der Waals surface area contributed by atoms with Gasteiger partial charge in [0.1, 0.15) is 0 Å². The maximum atomic E-state index is 12.6. The molecule has 1 heterocycles. The first-order valence-corrected chi connectivity index (χ1v) is 6.60. The van der Waals surface area contributed by atoms with E-state index in [1.54, 1.807) is 7.05 Å². The quantitative estimate of drug-likeness (QED) is 0.907. The number of halogens is 4. The van der Waals surface area contributed by atoms with Crippen molar-refractivity contribution in [1.29, 1.82) is 0 Å². The Kier molecular flexibility index (Phi) is 4.11. The molecule has 0 saturated heterocycles. The first-order chi connectivity index (χ1) is 8.80. The number of hydrogen-bond acceptors (Lipinski definition) is 2. The standard InChI is InChI=1S/C12H16ClF3N2O/c1-18-10(9(13)6-17-18)11(19)7-2-4-8(5-3-7)12(14,15)16/h6-8,11,19H,2-5H2,1H3. The van der Waals surface area contributed by atoms with Crippen molar-refractivity contribution in [2.24, 2.45) is 18.9 Å². The van der Waals surface area contributed by atoms with Crippen LogP contribution in [0.15, 0.2) is 6.20 Å². The van der Waals surface area contributed by atoms with Gasteiger partial charge in [0.2, 0.25) is 0 Å². The van der Waals surface area contributed by atoms with Gasteiger partial charge in [-0.3, -0.25) is 4.68 Å². The average molecular weight is 297 g/mol. The average Bonchev–Trinajstić information content (AvgIpc) is 2.67. The van der Waals surface area contributed by atoms with Gasteiger partial charge in [-0.15, -0.1) is 0 Å². The Labute approximate surface area is 114 Å². The van der Waals surface area contributed by atoms with Crippen LogP contribution < -0.4 is 0 Å². The molecular formula is C12H16ClF3N2O. The molecule has 19 heavy (non-hydrogen) atoms. The fraction of sp³-hybridized carbons (Fsp3) is 0.750. The summed E-state index contributed by atoms with van der Waals surface area (Å²) < 4.78 is 39.2. The summed E-state index contributed by atoms with van der Waals surface area (Å²) in [5.74, 6) is -1.43. The Balaban J connectivity index is 2.02. The van der Waals surface area contributed by atoms with Crippen LogP contribution >= 0.6 is 11.6 Å². The highest BCUT2D eigenvalue weighted by molar-refractivity contribution is 6.31. The largest absolute Gasteiger partial charge is 0.391 e. The fourth-order valence-electron chi connectivity index (χ4n) is 2.74. The van der Waals surface area contributed by atoms with Gasteiger partial charge < -0.3 is 5.11 Å². The van der Waals surface area contributed by atoms with Crippen LogP contribution in [0.25, 0.3) is 0 Å². The molecule has 1 aromatic heterocycles. The summed E-state index contributed by atoms with van der Waals surface area (Å²) in [6, 6.07) is 0. The number of alkyl halides is 3. The molecule has 1 N–H and O–H groups in total. The van der Waals surface area contributed by atoms with Gasteiger partial charge in [-0.05, 0) is 31.6 Å². The number of rotatable bonds is 2. The third kappa shape index (κ3) is 3.05. The molecule has 0 bridgehead atoms. The molecule has 0 aromatic carbocycles. The molecule has 2 rings (SSSR count). The van der Waals surface area contributed by atoms with E-state index in [0.29, 0.717) is 23.6 Å². The lowest BCUT2D eigenvalue weighted by Crippen LogP contribution is -2.30. The van der Waals surface area contributed by atoms with Gasteiger partial charge in [-0.25, -0.2) is 0 Å². The van der Waals surface area contributed by atoms with Gasteiger partial charge in [-0.1, -0.05) is 11.6 Å². The number of aromatic nitrogens is 2. The molecule has 3 nitrogen and oxygen atoms in total. The van der Waals surface area contributed by atoms with Crippen molar-refractivity contribution in [3.05, 3.63) is 16.9 Å². The minimum absolute atomic E-state index is 0.0701. The van der Waals surface area contributed by atoms with Gasteiger partial charge in [0.05, 0.1) is 28.9 Å². The van der Waals surface area contributed by atoms with Crippen molar-refractivity contribution in [2.45, 2.75) is 38.0 Å². The van der Waals surface area contributed by atoms with Crippen molar-refractivity contribution in [1.82, 2.24) is 9.78 Å². The molecule has 0 spiro atoms. The van der Waals surface area contributed by atoms with Crippen LogP contribution in [0.5, 0.6) is 0 Å². The van der Waals surface area contributed by atoms with E-state index in [0.717, 1.165) is 0 Å². The van der Waals surface area contributed by atoms with E-state index < -0.39 is 18.2 Å². The third-order valence-electron chi connectivity index (χ3n) is 3.90. The first-order valence-electron chi connectivity index (χ1n) is 6.23. The molecule has 1 aliphatic carbocycles. The van der Waals surface area contributed by atoms with Crippen molar-refractivity contribution in [3.8, 4) is 0 Å². The molecule has 0 amide bonds. The van der Waals surface area contributed by atoms with Crippen LogP contribution in [0.1, 0.15) is 37.5 Å². The monoisotopic (exact) mass is 296 g/mol. The minimum Gasteiger partial charge on any atom is -0.386 e. The Morgan fingerprint density at radius 2 is 1.95 bits per heavy atom. The topological polar surface area (TPSA) is 38.0 Å². The Hall–Kier alpha value is -0.750. The molecule has 0 radical (unpaired) electrons. The van der Waals surface area contributed by atoms with Gasteiger partial charge in [0.15, 0.2) is 0 Å². The number of aryl methyl sites for hydroxylation is 1. The lowest BCUT2D eigenvalue weighted by molar-refractivity contribution is -0.185. The number of nitrogens with zero attached hydrogens (tertiary/aromatic N) is 2. The van der Waals surface area contributed by atoms with Crippen LogP contribution in [-0.2, 0) is 7.05 Å². The second-order valence-electron chi connectivity index (χ2n) is 5.10. The molecule has 1 saturated carbocycles. The highest BCUT2D eigenvalue weighted by Gasteiger charge is 2.42. The SMILES string of the molecule is Cn1ncc(Cl)c1C(O)C1CCC(C(F)(F)F)CC1. The van der Waals surface area contributed by atoms with Crippen molar-refractivity contribution in [2.75, 3.05) is 0 Å². The predicted molar refractivity (Wildman–Crippen MR) is 64.7 cm³/mol. The van der Waals surface area contributed by atoms with Crippen molar-refractivity contribution in [3.63, 3.8) is 0 Å². The lowest BCUT2D eigenvalue weighted by Gasteiger charge is -2.32. The summed E-state index contributed by atoms with van der Waals surface area (Å²) in [7, 11) is 1.66. The van der Waals surface area contributed by atoms with Crippen LogP contribution in [0.2, 0.25) is 5.02 Å². The van der Waals surface area contributed by atoms with E-state index in [1.807, 2.05) is 0 Å². The van der Waals surface area contributed by atoms with E-state index >= 15 is 0 Å². The first kappa shape index (κ1) is 14.7. The molecule has 1 fully saturated rings. The second-order valence-corrected chi connectivity index (χ2v) is 5.51. The maximum absolute atomic E-state index is 12.6. The van der Waals surface area contributed by atoms with Crippen LogP contribution in [-0.4, -0.2) is 21.1 Å².